The highest BCUT2D eigenvalue weighted by Gasteiger charge is 2.23. The molecule has 1 amide bonds. The highest BCUT2D eigenvalue weighted by molar-refractivity contribution is 5.94. The van der Waals surface area contributed by atoms with Crippen LogP contribution in [0, 0.1) is 5.95 Å². The topological polar surface area (TPSA) is 75.9 Å². The van der Waals surface area contributed by atoms with Gasteiger partial charge in [-0.3, -0.25) is 14.5 Å². The lowest BCUT2D eigenvalue weighted by Gasteiger charge is -2.21. The third-order valence-corrected chi connectivity index (χ3v) is 4.38. The van der Waals surface area contributed by atoms with Gasteiger partial charge in [-0.15, -0.1) is 0 Å². The fourth-order valence-electron chi connectivity index (χ4n) is 3.03. The first kappa shape index (κ1) is 19.0. The third kappa shape index (κ3) is 5.13. The minimum Gasteiger partial charge on any atom is -0.461 e. The van der Waals surface area contributed by atoms with Crippen LogP contribution in [0.15, 0.2) is 34.9 Å². The van der Waals surface area contributed by atoms with Crippen LogP contribution in [0.4, 0.5) is 4.39 Å². The molecule has 0 saturated carbocycles. The molecule has 0 spiro atoms. The second-order valence-electron chi connectivity index (χ2n) is 6.41. The van der Waals surface area contributed by atoms with E-state index in [-0.39, 0.29) is 24.0 Å². The minimum atomic E-state index is -0.737. The first-order valence-electron chi connectivity index (χ1n) is 8.86. The highest BCUT2D eigenvalue weighted by Crippen LogP contribution is 2.15. The molecule has 1 saturated heterocycles. The number of amides is 1. The van der Waals surface area contributed by atoms with Crippen LogP contribution in [0.25, 0.3) is 0 Å². The molecule has 7 nitrogen and oxygen atoms in total. The summed E-state index contributed by atoms with van der Waals surface area (Å²) in [7, 11) is 0. The van der Waals surface area contributed by atoms with E-state index in [0.717, 1.165) is 18.7 Å². The van der Waals surface area contributed by atoms with Gasteiger partial charge in [-0.25, -0.2) is 4.98 Å². The van der Waals surface area contributed by atoms with Gasteiger partial charge in [0.1, 0.15) is 18.1 Å². The number of halogens is 1. The van der Waals surface area contributed by atoms with Crippen molar-refractivity contribution in [2.75, 3.05) is 26.2 Å². The third-order valence-electron chi connectivity index (χ3n) is 4.38. The average molecular weight is 375 g/mol. The summed E-state index contributed by atoms with van der Waals surface area (Å²) in [5, 5.41) is 0. The molecular formula is C19H22FN3O4. The van der Waals surface area contributed by atoms with E-state index in [1.54, 1.807) is 17.0 Å². The van der Waals surface area contributed by atoms with Gasteiger partial charge >= 0.3 is 5.97 Å². The number of hydrogen-bond donors (Lipinski definition) is 0. The van der Waals surface area contributed by atoms with Gasteiger partial charge in [-0.1, -0.05) is 0 Å². The first-order valence-corrected chi connectivity index (χ1v) is 8.86. The number of esters is 1. The lowest BCUT2D eigenvalue weighted by molar-refractivity contribution is -0.142. The molecule has 2 aromatic rings. The monoisotopic (exact) mass is 375 g/mol. The van der Waals surface area contributed by atoms with E-state index in [0.29, 0.717) is 31.9 Å². The normalized spacial score (nSPS) is 15.4. The number of pyridine rings is 1. The second kappa shape index (κ2) is 8.77. The predicted octanol–water partition coefficient (Wildman–Crippen LogP) is 2.22. The molecule has 1 aliphatic heterocycles. The van der Waals surface area contributed by atoms with Crippen molar-refractivity contribution in [1.29, 1.82) is 0 Å². The Morgan fingerprint density at radius 1 is 1.19 bits per heavy atom. The second-order valence-corrected chi connectivity index (χ2v) is 6.41. The van der Waals surface area contributed by atoms with Crippen molar-refractivity contribution in [3.8, 4) is 0 Å². The molecule has 3 heterocycles. The zero-order valence-electron chi connectivity index (χ0n) is 15.2. The fourth-order valence-corrected chi connectivity index (χ4v) is 3.03. The molecular weight excluding hydrogens is 353 g/mol. The first-order chi connectivity index (χ1) is 13.0. The Morgan fingerprint density at radius 3 is 2.78 bits per heavy atom. The number of rotatable bonds is 5. The Hall–Kier alpha value is -2.74. The van der Waals surface area contributed by atoms with E-state index in [9.17, 15) is 14.0 Å². The summed E-state index contributed by atoms with van der Waals surface area (Å²) in [6, 6.07) is 6.67. The molecule has 0 aliphatic carbocycles. The van der Waals surface area contributed by atoms with Gasteiger partial charge in [0.25, 0.3) is 5.91 Å². The Labute approximate surface area is 156 Å². The van der Waals surface area contributed by atoms with Gasteiger partial charge in [0, 0.05) is 39.3 Å². The molecule has 0 aromatic carbocycles. The van der Waals surface area contributed by atoms with Crippen molar-refractivity contribution in [1.82, 2.24) is 14.8 Å². The Bertz CT molecular complexity index is 808. The zero-order valence-corrected chi connectivity index (χ0v) is 15.2. The number of carbonyl (C=O) groups excluding carboxylic acids is 2. The molecule has 0 bridgehead atoms. The predicted molar refractivity (Wildman–Crippen MR) is 94.2 cm³/mol. The molecule has 0 unspecified atom stereocenters. The number of hydrogen-bond acceptors (Lipinski definition) is 6. The number of furan rings is 1. The van der Waals surface area contributed by atoms with Crippen LogP contribution in [0.2, 0.25) is 0 Å². The lowest BCUT2D eigenvalue weighted by atomic mass is 10.2. The van der Waals surface area contributed by atoms with Crippen LogP contribution in [0.3, 0.4) is 0 Å². The molecule has 0 radical (unpaired) electrons. The summed E-state index contributed by atoms with van der Waals surface area (Å²) in [6.45, 7) is 4.61. The quantitative estimate of drug-likeness (QED) is 0.589. The van der Waals surface area contributed by atoms with Crippen LogP contribution in [0.5, 0.6) is 0 Å². The zero-order chi connectivity index (χ0) is 19.2. The summed E-state index contributed by atoms with van der Waals surface area (Å²) in [5.41, 5.74) is 0.00657. The maximum absolute atomic E-state index is 13.8. The molecule has 3 rings (SSSR count). The number of carbonyl (C=O) groups is 2. The molecule has 8 heteroatoms. The SMILES string of the molecule is CC(=O)OCc1ccc(CN2CCCN(C(=O)c3cccnc3F)CC2)o1. The van der Waals surface area contributed by atoms with Crippen LogP contribution in [-0.2, 0) is 22.7 Å². The largest absolute Gasteiger partial charge is 0.461 e. The van der Waals surface area contributed by atoms with Gasteiger partial charge in [0.2, 0.25) is 5.95 Å². The molecule has 27 heavy (non-hydrogen) atoms. The van der Waals surface area contributed by atoms with Gasteiger partial charge in [-0.2, -0.15) is 4.39 Å². The van der Waals surface area contributed by atoms with E-state index < -0.39 is 5.95 Å². The van der Waals surface area contributed by atoms with E-state index in [1.165, 1.54) is 19.2 Å². The summed E-state index contributed by atoms with van der Waals surface area (Å²) in [6.07, 6.45) is 2.12. The lowest BCUT2D eigenvalue weighted by Crippen LogP contribution is -2.35. The molecule has 0 N–H and O–H groups in total. The van der Waals surface area contributed by atoms with Crippen molar-refractivity contribution in [2.24, 2.45) is 0 Å². The van der Waals surface area contributed by atoms with E-state index in [4.69, 9.17) is 9.15 Å². The van der Waals surface area contributed by atoms with E-state index in [1.807, 2.05) is 6.07 Å². The Morgan fingerprint density at radius 2 is 2.00 bits per heavy atom. The summed E-state index contributed by atoms with van der Waals surface area (Å²) in [5.74, 6) is -0.0481. The number of ether oxygens (including phenoxy) is 1. The molecule has 1 aliphatic rings. The van der Waals surface area contributed by atoms with E-state index >= 15 is 0 Å². The van der Waals surface area contributed by atoms with Gasteiger partial charge in [-0.05, 0) is 30.7 Å². The van der Waals surface area contributed by atoms with Crippen molar-refractivity contribution >= 4 is 11.9 Å². The average Bonchev–Trinajstić information content (AvgIpc) is 2.96. The smallest absolute Gasteiger partial charge is 0.303 e. The maximum atomic E-state index is 13.8. The standard InChI is InChI=1S/C19H22FN3O4/c1-14(24)26-13-16-6-5-15(27-16)12-22-8-3-9-23(11-10-22)19(25)17-4-2-7-21-18(17)20/h2,4-7H,3,8-13H2,1H3. The van der Waals surface area contributed by atoms with Crippen LogP contribution < -0.4 is 0 Å². The van der Waals surface area contributed by atoms with Gasteiger partial charge in [0.15, 0.2) is 0 Å². The van der Waals surface area contributed by atoms with Crippen LogP contribution in [0.1, 0.15) is 35.2 Å². The summed E-state index contributed by atoms with van der Waals surface area (Å²) < 4.78 is 24.4. The molecule has 1 fully saturated rings. The van der Waals surface area contributed by atoms with Crippen molar-refractivity contribution in [3.05, 3.63) is 53.5 Å². The Balaban J connectivity index is 1.55. The Kier molecular flexibility index (Phi) is 6.18. The van der Waals surface area contributed by atoms with Crippen molar-refractivity contribution < 1.29 is 23.1 Å². The maximum Gasteiger partial charge on any atom is 0.303 e. The van der Waals surface area contributed by atoms with Gasteiger partial charge in [0.05, 0.1) is 12.1 Å². The summed E-state index contributed by atoms with van der Waals surface area (Å²) >= 11 is 0. The van der Waals surface area contributed by atoms with Crippen molar-refractivity contribution in [2.45, 2.75) is 26.5 Å². The molecule has 2 aromatic heterocycles. The summed E-state index contributed by atoms with van der Waals surface area (Å²) in [4.78, 5) is 30.8. The van der Waals surface area contributed by atoms with E-state index in [2.05, 4.69) is 9.88 Å². The molecule has 144 valence electrons. The van der Waals surface area contributed by atoms with Gasteiger partial charge < -0.3 is 14.1 Å². The highest BCUT2D eigenvalue weighted by atomic mass is 19.1. The fraction of sp³-hybridized carbons (Fsp3) is 0.421. The molecule has 0 atom stereocenters. The minimum absolute atomic E-state index is 0.00657. The van der Waals surface area contributed by atoms with Crippen LogP contribution >= 0.6 is 0 Å². The van der Waals surface area contributed by atoms with Crippen molar-refractivity contribution in [3.63, 3.8) is 0 Å². The number of nitrogens with zero attached hydrogens (tertiary/aromatic N) is 3. The number of aromatic nitrogens is 1. The van der Waals surface area contributed by atoms with Crippen LogP contribution in [-0.4, -0.2) is 52.8 Å².